The van der Waals surface area contributed by atoms with Crippen LogP contribution >= 0.6 is 11.3 Å². The highest BCUT2D eigenvalue weighted by Gasteiger charge is 2.25. The second-order valence-corrected chi connectivity index (χ2v) is 15.9. The summed E-state index contributed by atoms with van der Waals surface area (Å²) in [5, 5.41) is 18.1. The molecule has 0 spiro atoms. The number of benzene rings is 10. The van der Waals surface area contributed by atoms with Gasteiger partial charge in [-0.25, -0.2) is 4.98 Å². The molecule has 56 heavy (non-hydrogen) atoms. The minimum absolute atomic E-state index is 0.904. The Kier molecular flexibility index (Phi) is 6.07. The number of rotatable bonds is 2. The molecule has 13 aromatic rings. The van der Waals surface area contributed by atoms with E-state index in [1.165, 1.54) is 90.4 Å². The minimum Gasteiger partial charge on any atom is -0.455 e. The molecule has 0 aliphatic rings. The molecule has 0 atom stereocenters. The third-order valence-corrected chi connectivity index (χ3v) is 13.2. The average molecular weight is 728 g/mol. The summed E-state index contributed by atoms with van der Waals surface area (Å²) >= 11 is 1.88. The molecule has 10 aromatic carbocycles. The summed E-state index contributed by atoms with van der Waals surface area (Å²) < 4.78 is 9.64. The van der Waals surface area contributed by atoms with E-state index in [1.54, 1.807) is 0 Å². The van der Waals surface area contributed by atoms with Crippen molar-refractivity contribution in [3.8, 4) is 22.4 Å². The normalized spacial score (nSPS) is 12.3. The quantitative estimate of drug-likeness (QED) is 0.131. The first-order valence-electron chi connectivity index (χ1n) is 19.1. The van der Waals surface area contributed by atoms with Gasteiger partial charge in [0, 0.05) is 63.8 Å². The number of hydrogen-bond donors (Lipinski definition) is 0. The van der Waals surface area contributed by atoms with Crippen LogP contribution in [0.5, 0.6) is 0 Å². The second-order valence-electron chi connectivity index (χ2n) is 14.9. The van der Waals surface area contributed by atoms with E-state index in [2.05, 4.69) is 176 Å². The van der Waals surface area contributed by atoms with Crippen LogP contribution in [0.4, 0.5) is 0 Å². The molecule has 0 radical (unpaired) electrons. The fraction of sp³-hybridized carbons (Fsp3) is 0. The average Bonchev–Trinajstić information content (AvgIpc) is 3.85. The molecule has 258 valence electrons. The Balaban J connectivity index is 1.21. The van der Waals surface area contributed by atoms with E-state index >= 15 is 0 Å². The van der Waals surface area contributed by atoms with Gasteiger partial charge in [0.25, 0.3) is 0 Å². The fourth-order valence-electron chi connectivity index (χ4n) is 9.65. The van der Waals surface area contributed by atoms with E-state index < -0.39 is 0 Å². The molecule has 3 aromatic heterocycles. The Morgan fingerprint density at radius 1 is 0.393 bits per heavy atom. The lowest BCUT2D eigenvalue weighted by Gasteiger charge is -2.19. The third-order valence-electron chi connectivity index (χ3n) is 12.0. The number of para-hydroxylation sites is 1. The molecule has 0 aliphatic heterocycles. The molecule has 13 rings (SSSR count). The number of thiophene rings is 1. The lowest BCUT2D eigenvalue weighted by Crippen LogP contribution is -1.95. The molecule has 0 saturated carbocycles. The van der Waals surface area contributed by atoms with Gasteiger partial charge < -0.3 is 4.42 Å². The number of fused-ring (bicyclic) bond motifs is 16. The van der Waals surface area contributed by atoms with E-state index in [9.17, 15) is 0 Å². The van der Waals surface area contributed by atoms with Crippen molar-refractivity contribution in [3.05, 3.63) is 176 Å². The van der Waals surface area contributed by atoms with Crippen LogP contribution in [0.3, 0.4) is 0 Å². The van der Waals surface area contributed by atoms with E-state index in [4.69, 9.17) is 9.40 Å². The van der Waals surface area contributed by atoms with Crippen molar-refractivity contribution in [2.45, 2.75) is 0 Å². The highest BCUT2D eigenvalue weighted by molar-refractivity contribution is 7.26. The number of pyridine rings is 1. The van der Waals surface area contributed by atoms with Gasteiger partial charge in [-0.1, -0.05) is 152 Å². The topological polar surface area (TPSA) is 26.0 Å². The van der Waals surface area contributed by atoms with E-state index in [0.717, 1.165) is 38.9 Å². The molecule has 0 unspecified atom stereocenters. The molecule has 0 amide bonds. The molecule has 3 heterocycles. The number of hydrogen-bond acceptors (Lipinski definition) is 3. The van der Waals surface area contributed by atoms with Crippen molar-refractivity contribution >= 4 is 118 Å². The van der Waals surface area contributed by atoms with Gasteiger partial charge in [0.15, 0.2) is 0 Å². The Hall–Kier alpha value is -7.07. The van der Waals surface area contributed by atoms with Crippen LogP contribution in [0, 0.1) is 0 Å². The monoisotopic (exact) mass is 727 g/mol. The third kappa shape index (κ3) is 4.02. The largest absolute Gasteiger partial charge is 0.455 e. The molecular formula is C53H29NOS. The molecule has 0 bridgehead atoms. The molecule has 0 fully saturated rings. The maximum Gasteiger partial charge on any atom is 0.143 e. The van der Waals surface area contributed by atoms with Crippen LogP contribution < -0.4 is 0 Å². The van der Waals surface area contributed by atoms with Gasteiger partial charge >= 0.3 is 0 Å². The van der Waals surface area contributed by atoms with E-state index in [1.807, 2.05) is 11.3 Å². The van der Waals surface area contributed by atoms with Crippen molar-refractivity contribution < 1.29 is 4.42 Å². The Morgan fingerprint density at radius 2 is 0.964 bits per heavy atom. The van der Waals surface area contributed by atoms with E-state index in [-0.39, 0.29) is 0 Å². The lowest BCUT2D eigenvalue weighted by molar-refractivity contribution is 0.670. The molecular weight excluding hydrogens is 699 g/mol. The standard InChI is InChI=1S/C53H29NOS/c1-3-15-32-30(13-1)25-28-44-49(32)50-33-16-4-2-14-31(33)29-42(52(50)55-44)46-35-18-5-7-20-37(35)47(38-21-8-6-19-36(38)46)51-41-27-26-39-34-17-10-12-24-45(34)56-53(39)48(41)40-22-9-11-23-43(40)54-51/h1-29H. The Morgan fingerprint density at radius 3 is 1.71 bits per heavy atom. The van der Waals surface area contributed by atoms with Crippen LogP contribution in [0.2, 0.25) is 0 Å². The number of furan rings is 1. The second kappa shape index (κ2) is 11.2. The first kappa shape index (κ1) is 30.3. The van der Waals surface area contributed by atoms with Crippen molar-refractivity contribution in [2.75, 3.05) is 0 Å². The van der Waals surface area contributed by atoms with Crippen molar-refractivity contribution in [3.63, 3.8) is 0 Å². The van der Waals surface area contributed by atoms with Gasteiger partial charge in [-0.3, -0.25) is 0 Å². The SMILES string of the molecule is c1ccc2c(c1)ccc1oc3c(-c4c5ccccc5c(-c5nc6ccccc6c6c5ccc5c7ccccc7sc56)c5ccccc45)cc4ccccc4c3c12. The van der Waals surface area contributed by atoms with Crippen molar-refractivity contribution in [1.82, 2.24) is 4.98 Å². The Bertz CT molecular complexity index is 3770. The predicted molar refractivity (Wildman–Crippen MR) is 240 cm³/mol. The first-order valence-corrected chi connectivity index (χ1v) is 19.9. The molecule has 0 aliphatic carbocycles. The molecule has 2 nitrogen and oxygen atoms in total. The number of nitrogens with zero attached hydrogens (tertiary/aromatic N) is 1. The summed E-state index contributed by atoms with van der Waals surface area (Å²) in [4.78, 5) is 5.57. The van der Waals surface area contributed by atoms with Gasteiger partial charge in [0.1, 0.15) is 11.2 Å². The summed E-state index contributed by atoms with van der Waals surface area (Å²) in [5.41, 5.74) is 7.26. The minimum atomic E-state index is 0.904. The molecule has 3 heteroatoms. The zero-order valence-corrected chi connectivity index (χ0v) is 30.8. The zero-order valence-electron chi connectivity index (χ0n) is 30.0. The summed E-state index contributed by atoms with van der Waals surface area (Å²) in [5.74, 6) is 0. The van der Waals surface area contributed by atoms with Gasteiger partial charge in [0.05, 0.1) is 11.2 Å². The van der Waals surface area contributed by atoms with Gasteiger partial charge in [-0.15, -0.1) is 11.3 Å². The summed E-state index contributed by atoms with van der Waals surface area (Å²) in [6, 6.07) is 63.9. The van der Waals surface area contributed by atoms with Crippen LogP contribution in [-0.4, -0.2) is 4.98 Å². The summed E-state index contributed by atoms with van der Waals surface area (Å²) in [6.45, 7) is 0. The highest BCUT2D eigenvalue weighted by Crippen LogP contribution is 2.51. The van der Waals surface area contributed by atoms with Crippen LogP contribution in [0.25, 0.3) is 129 Å². The van der Waals surface area contributed by atoms with Crippen LogP contribution in [0.1, 0.15) is 0 Å². The Labute approximate surface area is 324 Å². The lowest BCUT2D eigenvalue weighted by atomic mass is 9.85. The molecule has 0 saturated heterocycles. The van der Waals surface area contributed by atoms with Crippen molar-refractivity contribution in [2.24, 2.45) is 0 Å². The van der Waals surface area contributed by atoms with Gasteiger partial charge in [0.2, 0.25) is 0 Å². The summed E-state index contributed by atoms with van der Waals surface area (Å²) in [7, 11) is 0. The van der Waals surface area contributed by atoms with Gasteiger partial charge in [-0.2, -0.15) is 0 Å². The van der Waals surface area contributed by atoms with Crippen molar-refractivity contribution in [1.29, 1.82) is 0 Å². The summed E-state index contributed by atoms with van der Waals surface area (Å²) in [6.07, 6.45) is 0. The maximum atomic E-state index is 7.03. The smallest absolute Gasteiger partial charge is 0.143 e. The first-order chi connectivity index (χ1) is 27.8. The predicted octanol–water partition coefficient (Wildman–Crippen LogP) is 15.6. The molecule has 0 N–H and O–H groups in total. The zero-order chi connectivity index (χ0) is 36.5. The van der Waals surface area contributed by atoms with Gasteiger partial charge in [-0.05, 0) is 67.4 Å². The number of aromatic nitrogens is 1. The van der Waals surface area contributed by atoms with Crippen LogP contribution in [0.15, 0.2) is 180 Å². The van der Waals surface area contributed by atoms with Crippen LogP contribution in [-0.2, 0) is 0 Å². The fourth-order valence-corrected chi connectivity index (χ4v) is 10.9. The maximum absolute atomic E-state index is 7.03. The highest BCUT2D eigenvalue weighted by atomic mass is 32.1. The van der Waals surface area contributed by atoms with E-state index in [0.29, 0.717) is 0 Å².